The number of nitrogens with zero attached hydrogens (tertiary/aromatic N) is 3. The van der Waals surface area contributed by atoms with Crippen molar-refractivity contribution in [1.82, 2.24) is 9.13 Å². The lowest BCUT2D eigenvalue weighted by Crippen LogP contribution is -2.60. The van der Waals surface area contributed by atoms with Gasteiger partial charge in [0.15, 0.2) is 0 Å². The van der Waals surface area contributed by atoms with E-state index in [0.29, 0.717) is 0 Å². The Morgan fingerprint density at radius 3 is 1.81 bits per heavy atom. The average Bonchev–Trinajstić information content (AvgIpc) is 3.79. The van der Waals surface area contributed by atoms with Crippen molar-refractivity contribution in [2.75, 3.05) is 4.90 Å². The van der Waals surface area contributed by atoms with E-state index < -0.39 is 0 Å². The molecule has 0 unspecified atom stereocenters. The molecule has 0 spiro atoms. The highest BCUT2D eigenvalue weighted by molar-refractivity contribution is 7.00. The number of para-hydroxylation sites is 2. The molecule has 0 amide bonds. The molecule has 2 aromatic heterocycles. The van der Waals surface area contributed by atoms with Crippen LogP contribution in [-0.4, -0.2) is 15.8 Å². The van der Waals surface area contributed by atoms with E-state index in [9.17, 15) is 0 Å². The molecule has 304 valence electrons. The third kappa shape index (κ3) is 4.62. The van der Waals surface area contributed by atoms with Gasteiger partial charge in [0.25, 0.3) is 6.71 Å². The minimum Gasteiger partial charge on any atom is -0.311 e. The number of hydrogen-bond donors (Lipinski definition) is 0. The minimum absolute atomic E-state index is 0.0129. The Balaban J connectivity index is 1.17. The molecule has 0 fully saturated rings. The van der Waals surface area contributed by atoms with Gasteiger partial charge in [0.2, 0.25) is 0 Å². The zero-order valence-electron chi connectivity index (χ0n) is 37.1. The maximum absolute atomic E-state index is 2.62. The summed E-state index contributed by atoms with van der Waals surface area (Å²) in [7, 11) is 0. The van der Waals surface area contributed by atoms with Gasteiger partial charge in [-0.2, -0.15) is 0 Å². The van der Waals surface area contributed by atoms with Crippen LogP contribution in [0.3, 0.4) is 0 Å². The van der Waals surface area contributed by atoms with E-state index in [1.54, 1.807) is 0 Å². The number of rotatable bonds is 2. The Kier molecular flexibility index (Phi) is 6.93. The average molecular weight is 820 g/mol. The Morgan fingerprint density at radius 1 is 0.391 bits per heavy atom. The topological polar surface area (TPSA) is 13.1 Å². The predicted octanol–water partition coefficient (Wildman–Crippen LogP) is 13.9. The molecule has 3 aliphatic rings. The number of benzene rings is 9. The maximum atomic E-state index is 2.62. The standard InChI is InChI=1S/C60H46BN3/c1-59(2,3)36-26-29-48-45(31-36)44-22-13-23-46-58(44)64(48)53-34-39(33-52-57(53)61(46)47-32-37(60(4,5)6)27-30-49(47)62(52)38-16-8-7-9-17-38)63-50-24-14-21-43-41-19-11-10-18-40(41)42-20-12-15-35-25-28-51(63)56(54(35)42)55(43)50/h7-34H,1-6H3. The Labute approximate surface area is 373 Å². The molecule has 0 N–H and O–H groups in total. The van der Waals surface area contributed by atoms with Crippen molar-refractivity contribution in [3.63, 3.8) is 0 Å². The molecule has 0 radical (unpaired) electrons. The van der Waals surface area contributed by atoms with Crippen molar-refractivity contribution in [2.24, 2.45) is 0 Å². The van der Waals surface area contributed by atoms with Gasteiger partial charge in [-0.1, -0.05) is 157 Å². The molecule has 0 atom stereocenters. The fraction of sp³-hybridized carbons (Fsp3) is 0.133. The van der Waals surface area contributed by atoms with E-state index >= 15 is 0 Å². The van der Waals surface area contributed by atoms with Gasteiger partial charge in [-0.05, 0) is 126 Å². The fourth-order valence-corrected chi connectivity index (χ4v) is 12.0. The van der Waals surface area contributed by atoms with Gasteiger partial charge in [0, 0.05) is 49.8 Å². The van der Waals surface area contributed by atoms with Gasteiger partial charge in [-0.25, -0.2) is 0 Å². The molecule has 64 heavy (non-hydrogen) atoms. The summed E-state index contributed by atoms with van der Waals surface area (Å²) in [4.78, 5) is 2.56. The third-order valence-corrected chi connectivity index (χ3v) is 14.9. The van der Waals surface area contributed by atoms with Crippen molar-refractivity contribution in [3.05, 3.63) is 181 Å². The molecule has 9 aromatic carbocycles. The van der Waals surface area contributed by atoms with E-state index in [-0.39, 0.29) is 17.5 Å². The first-order valence-corrected chi connectivity index (χ1v) is 22.9. The minimum atomic E-state index is -0.0129. The van der Waals surface area contributed by atoms with E-state index in [0.717, 1.165) is 11.4 Å². The van der Waals surface area contributed by atoms with Crippen LogP contribution in [0.15, 0.2) is 170 Å². The second-order valence-electron chi connectivity index (χ2n) is 20.5. The van der Waals surface area contributed by atoms with E-state index in [1.165, 1.54) is 121 Å². The first kappa shape index (κ1) is 36.2. The van der Waals surface area contributed by atoms with Gasteiger partial charge in [0.05, 0.1) is 22.2 Å². The summed E-state index contributed by atoms with van der Waals surface area (Å²) in [6.07, 6.45) is 0. The molecule has 0 bridgehead atoms. The summed E-state index contributed by atoms with van der Waals surface area (Å²) in [6, 6.07) is 65.2. The summed E-state index contributed by atoms with van der Waals surface area (Å²) in [5.74, 6) is 0. The monoisotopic (exact) mass is 819 g/mol. The molecule has 2 aliphatic heterocycles. The van der Waals surface area contributed by atoms with Gasteiger partial charge in [-0.15, -0.1) is 0 Å². The quantitative estimate of drug-likeness (QED) is 0.158. The zero-order chi connectivity index (χ0) is 43.0. The van der Waals surface area contributed by atoms with Crippen LogP contribution in [0.25, 0.3) is 88.0 Å². The van der Waals surface area contributed by atoms with E-state index in [1.807, 2.05) is 0 Å². The molecule has 4 heteroatoms. The molecule has 14 rings (SSSR count). The van der Waals surface area contributed by atoms with Crippen LogP contribution in [0.5, 0.6) is 0 Å². The summed E-state index contributed by atoms with van der Waals surface area (Å²) in [5, 5.41) is 7.87. The molecule has 0 saturated heterocycles. The van der Waals surface area contributed by atoms with Gasteiger partial charge >= 0.3 is 0 Å². The van der Waals surface area contributed by atoms with E-state index in [4.69, 9.17) is 0 Å². The van der Waals surface area contributed by atoms with E-state index in [2.05, 4.69) is 225 Å². The number of hydrogen-bond acceptors (Lipinski definition) is 1. The van der Waals surface area contributed by atoms with Crippen LogP contribution in [0.1, 0.15) is 52.7 Å². The van der Waals surface area contributed by atoms with Crippen molar-refractivity contribution >= 4 is 94.5 Å². The van der Waals surface area contributed by atoms with Crippen molar-refractivity contribution < 1.29 is 0 Å². The predicted molar refractivity (Wildman–Crippen MR) is 274 cm³/mol. The SMILES string of the molecule is CC(C)(C)c1ccc2c(c1)B1c3c(cc(-n4c5cccc6c5c5c7c(cccc7ccc54)-c4ccccc4-6)cc3-n3c4ccc(C(C)(C)C)cc4c4cccc1c43)N2c1ccccc1. The second kappa shape index (κ2) is 12.2. The van der Waals surface area contributed by atoms with Crippen LogP contribution < -0.4 is 21.3 Å². The molecule has 4 heterocycles. The summed E-state index contributed by atoms with van der Waals surface area (Å²) in [5.41, 5.74) is 23.0. The van der Waals surface area contributed by atoms with Crippen LogP contribution in [0, 0.1) is 0 Å². The molecule has 3 nitrogen and oxygen atoms in total. The first-order valence-electron chi connectivity index (χ1n) is 22.9. The lowest BCUT2D eigenvalue weighted by Gasteiger charge is -2.41. The van der Waals surface area contributed by atoms with Gasteiger partial charge in [0.1, 0.15) is 0 Å². The fourth-order valence-electron chi connectivity index (χ4n) is 12.0. The highest BCUT2D eigenvalue weighted by Gasteiger charge is 2.43. The Bertz CT molecular complexity index is 3870. The third-order valence-electron chi connectivity index (χ3n) is 14.9. The van der Waals surface area contributed by atoms with Crippen LogP contribution in [0.2, 0.25) is 0 Å². The Morgan fingerprint density at radius 2 is 1.03 bits per heavy atom. The van der Waals surface area contributed by atoms with Crippen molar-refractivity contribution in [3.8, 4) is 33.6 Å². The summed E-state index contributed by atoms with van der Waals surface area (Å²) < 4.78 is 5.20. The highest BCUT2D eigenvalue weighted by Crippen LogP contribution is 2.51. The van der Waals surface area contributed by atoms with Crippen LogP contribution in [-0.2, 0) is 10.8 Å². The number of fused-ring (bicyclic) bond motifs is 10. The molecule has 0 saturated carbocycles. The first-order chi connectivity index (χ1) is 31.0. The number of aromatic nitrogens is 2. The van der Waals surface area contributed by atoms with Crippen molar-refractivity contribution in [2.45, 2.75) is 52.4 Å². The van der Waals surface area contributed by atoms with Crippen LogP contribution >= 0.6 is 0 Å². The highest BCUT2D eigenvalue weighted by atomic mass is 15.2. The van der Waals surface area contributed by atoms with Crippen LogP contribution in [0.4, 0.5) is 17.1 Å². The lowest BCUT2D eigenvalue weighted by molar-refractivity contribution is 0.590. The lowest BCUT2D eigenvalue weighted by atomic mass is 9.33. The number of anilines is 3. The second-order valence-corrected chi connectivity index (χ2v) is 20.5. The maximum Gasteiger partial charge on any atom is 0.252 e. The summed E-state index contributed by atoms with van der Waals surface area (Å²) >= 11 is 0. The van der Waals surface area contributed by atoms with Gasteiger partial charge < -0.3 is 14.0 Å². The smallest absolute Gasteiger partial charge is 0.252 e. The zero-order valence-corrected chi connectivity index (χ0v) is 37.1. The van der Waals surface area contributed by atoms with Gasteiger partial charge in [-0.3, -0.25) is 0 Å². The molecular weight excluding hydrogens is 773 g/mol. The largest absolute Gasteiger partial charge is 0.311 e. The Hall–Kier alpha value is -7.30. The summed E-state index contributed by atoms with van der Waals surface area (Å²) in [6.45, 7) is 14.0. The van der Waals surface area contributed by atoms with Crippen molar-refractivity contribution in [1.29, 1.82) is 0 Å². The molecular formula is C60H46BN3. The normalized spacial score (nSPS) is 13.7. The molecule has 1 aliphatic carbocycles. The molecule has 11 aromatic rings.